The van der Waals surface area contributed by atoms with Crippen LogP contribution in [0.4, 0.5) is 11.6 Å². The van der Waals surface area contributed by atoms with Gasteiger partial charge in [0.25, 0.3) is 11.0 Å². The largest absolute Gasteiger partial charge is 2.00 e. The predicted molar refractivity (Wildman–Crippen MR) is 112 cm³/mol. The van der Waals surface area contributed by atoms with Crippen LogP contribution in [0, 0.1) is 43.5 Å². The Morgan fingerprint density at radius 1 is 0.636 bits per heavy atom. The summed E-state index contributed by atoms with van der Waals surface area (Å²) in [6.45, 7) is 0. The van der Waals surface area contributed by atoms with Gasteiger partial charge in [-0.15, -0.1) is 9.46 Å². The standard InChI is InChI=1S/2C9H5ClN4O2.Pd/c2*10-5-1-2-6-7(3-5)14(16)9(12)8(4-11)13(6)15;/h2*1-3H,12H2;/q;;+2. The van der Waals surface area contributed by atoms with Gasteiger partial charge in [-0.1, -0.05) is 23.2 Å². The summed E-state index contributed by atoms with van der Waals surface area (Å²) in [6.07, 6.45) is 0. The monoisotopic (exact) mass is 578 g/mol. The summed E-state index contributed by atoms with van der Waals surface area (Å²) in [5.74, 6) is -0.875. The quantitative estimate of drug-likeness (QED) is 0.169. The summed E-state index contributed by atoms with van der Waals surface area (Å²) >= 11 is 11.4. The fourth-order valence-electron chi connectivity index (χ4n) is 2.77. The number of halogens is 2. The molecule has 12 nitrogen and oxygen atoms in total. The van der Waals surface area contributed by atoms with Gasteiger partial charge in [-0.2, -0.15) is 10.5 Å². The fraction of sp³-hybridized carbons (Fsp3) is 0. The summed E-state index contributed by atoms with van der Waals surface area (Å²) in [7, 11) is 0. The van der Waals surface area contributed by atoms with E-state index in [0.717, 1.165) is 0 Å². The Morgan fingerprint density at radius 3 is 1.27 bits per heavy atom. The van der Waals surface area contributed by atoms with E-state index in [1.54, 1.807) is 12.1 Å². The van der Waals surface area contributed by atoms with Crippen molar-refractivity contribution < 1.29 is 39.3 Å². The Hall–Kier alpha value is -3.86. The van der Waals surface area contributed by atoms with E-state index in [4.69, 9.17) is 45.2 Å². The van der Waals surface area contributed by atoms with Gasteiger partial charge in [0.1, 0.15) is 0 Å². The zero-order valence-corrected chi connectivity index (χ0v) is 19.1. The van der Waals surface area contributed by atoms with Crippen LogP contribution in [0.5, 0.6) is 0 Å². The number of hydrogen-bond acceptors (Lipinski definition) is 8. The maximum absolute atomic E-state index is 11.7. The number of benzene rings is 2. The number of nitriles is 2. The first-order chi connectivity index (χ1) is 15.1. The van der Waals surface area contributed by atoms with Crippen LogP contribution in [0.15, 0.2) is 36.4 Å². The maximum Gasteiger partial charge on any atom is 2.00 e. The van der Waals surface area contributed by atoms with Gasteiger partial charge in [-0.3, -0.25) is 11.5 Å². The first-order valence-corrected chi connectivity index (χ1v) is 9.15. The van der Waals surface area contributed by atoms with Crippen LogP contribution in [0.2, 0.25) is 10.0 Å². The van der Waals surface area contributed by atoms with Crippen molar-refractivity contribution in [2.45, 2.75) is 0 Å². The van der Waals surface area contributed by atoms with Gasteiger partial charge >= 0.3 is 43.4 Å². The molecule has 0 aliphatic carbocycles. The van der Waals surface area contributed by atoms with Crippen LogP contribution >= 0.6 is 23.2 Å². The van der Waals surface area contributed by atoms with E-state index in [1.165, 1.54) is 36.4 Å². The third kappa shape index (κ3) is 4.40. The number of nitrogens with two attached hydrogens (primary N) is 2. The second-order valence-corrected chi connectivity index (χ2v) is 7.01. The maximum atomic E-state index is 11.7. The van der Waals surface area contributed by atoms with Gasteiger partial charge in [0.05, 0.1) is 0 Å². The molecule has 0 aliphatic rings. The smallest absolute Gasteiger partial charge is 0.710 e. The molecule has 4 N–H and O–H groups in total. The molecule has 0 aliphatic heterocycles. The number of nitrogen functional groups attached to an aromatic ring is 2. The summed E-state index contributed by atoms with van der Waals surface area (Å²) in [6, 6.07) is 11.4. The first-order valence-electron chi connectivity index (χ1n) is 8.40. The predicted octanol–water partition coefficient (Wildman–Crippen LogP) is 0.425. The van der Waals surface area contributed by atoms with Gasteiger partial charge in [-0.25, -0.2) is 9.46 Å². The van der Waals surface area contributed by atoms with Crippen LogP contribution in [0.25, 0.3) is 22.1 Å². The molecule has 0 amide bonds. The topological polar surface area (TPSA) is 207 Å². The fourth-order valence-corrected chi connectivity index (χ4v) is 3.10. The molecule has 15 heteroatoms. The molecule has 0 bridgehead atoms. The number of aromatic nitrogens is 4. The van der Waals surface area contributed by atoms with E-state index >= 15 is 0 Å². The zero-order valence-electron chi connectivity index (χ0n) is 16.0. The first kappa shape index (κ1) is 25.4. The van der Waals surface area contributed by atoms with Crippen molar-refractivity contribution in [2.75, 3.05) is 11.5 Å². The molecule has 2 aromatic heterocycles. The van der Waals surface area contributed by atoms with E-state index in [0.29, 0.717) is 29.0 Å². The molecule has 4 aromatic rings. The Morgan fingerprint density at radius 2 is 0.970 bits per heavy atom. The molecule has 4 rings (SSSR count). The van der Waals surface area contributed by atoms with Crippen LogP contribution in [0.1, 0.15) is 11.4 Å². The number of nitrogens with zero attached hydrogens (tertiary/aromatic N) is 6. The van der Waals surface area contributed by atoms with Gasteiger partial charge < -0.3 is 20.8 Å². The summed E-state index contributed by atoms with van der Waals surface area (Å²) in [4.78, 5) is 0. The van der Waals surface area contributed by atoms with Crippen molar-refractivity contribution in [3.63, 3.8) is 0 Å². The number of hydrogen-bond donors (Lipinski definition) is 2. The molecule has 0 saturated heterocycles. The molecule has 0 fully saturated rings. The van der Waals surface area contributed by atoms with E-state index in [-0.39, 0.29) is 42.5 Å². The normalized spacial score (nSPS) is 9.94. The average Bonchev–Trinajstić information content (AvgIpc) is 2.77. The molecule has 0 radical (unpaired) electrons. The van der Waals surface area contributed by atoms with Crippen molar-refractivity contribution in [3.8, 4) is 12.1 Å². The molecule has 2 aromatic carbocycles. The second kappa shape index (κ2) is 9.74. The Kier molecular flexibility index (Phi) is 7.50. The van der Waals surface area contributed by atoms with Crippen molar-refractivity contribution in [1.82, 2.24) is 0 Å². The number of fused-ring (bicyclic) bond motifs is 2. The summed E-state index contributed by atoms with van der Waals surface area (Å²) in [5, 5.41) is 64.6. The van der Waals surface area contributed by atoms with Crippen LogP contribution in [-0.4, -0.2) is 0 Å². The third-order valence-corrected chi connectivity index (χ3v) is 4.76. The Balaban J connectivity index is 0.000000227. The van der Waals surface area contributed by atoms with Crippen LogP contribution in [0.3, 0.4) is 0 Å². The Labute approximate surface area is 208 Å². The minimum absolute atomic E-state index is 0. The molecule has 0 unspecified atom stereocenters. The molecule has 2 heterocycles. The SMILES string of the molecule is N#Cc1c(N)[n+]([O-])c2cc(Cl)ccc2[n+]1[O-].N#Cc1c(N)[n+]([O-])c2cc(Cl)ccc2[n+]1[O-].[Pd+2]. The number of anilines is 2. The molecule has 0 spiro atoms. The van der Waals surface area contributed by atoms with Gasteiger partial charge in [0, 0.05) is 34.3 Å². The number of rotatable bonds is 0. The average molecular weight is 580 g/mol. The van der Waals surface area contributed by atoms with E-state index < -0.39 is 23.0 Å². The van der Waals surface area contributed by atoms with Crippen LogP contribution in [-0.2, 0) is 20.4 Å². The molecule has 0 atom stereocenters. The molecule has 33 heavy (non-hydrogen) atoms. The van der Waals surface area contributed by atoms with Crippen molar-refractivity contribution in [3.05, 3.63) is 78.7 Å². The van der Waals surface area contributed by atoms with Gasteiger partial charge in [0.15, 0.2) is 12.1 Å². The second-order valence-electron chi connectivity index (χ2n) is 6.13. The minimum Gasteiger partial charge on any atom is -0.710 e. The molecule has 0 saturated carbocycles. The van der Waals surface area contributed by atoms with Crippen molar-refractivity contribution in [1.29, 1.82) is 10.5 Å². The summed E-state index contributed by atoms with van der Waals surface area (Å²) < 4.78 is 1.26. The Bertz CT molecular complexity index is 1390. The molecular weight excluding hydrogens is 570 g/mol. The zero-order chi connectivity index (χ0) is 23.7. The minimum atomic E-state index is -0.438. The molecule has 168 valence electrons. The van der Waals surface area contributed by atoms with Gasteiger partial charge in [0.2, 0.25) is 11.0 Å². The van der Waals surface area contributed by atoms with E-state index in [1.807, 2.05) is 0 Å². The summed E-state index contributed by atoms with van der Waals surface area (Å²) in [5.41, 5.74) is 10.0. The van der Waals surface area contributed by atoms with Gasteiger partial charge in [-0.05, 0) is 12.1 Å². The van der Waals surface area contributed by atoms with Crippen molar-refractivity contribution >= 4 is 56.9 Å². The van der Waals surface area contributed by atoms with Crippen molar-refractivity contribution in [2.24, 2.45) is 0 Å². The third-order valence-electron chi connectivity index (χ3n) is 4.29. The van der Waals surface area contributed by atoms with Crippen LogP contribution < -0.4 is 30.4 Å². The van der Waals surface area contributed by atoms with E-state index in [2.05, 4.69) is 0 Å². The molecular formula is C18H10Cl2N8O4Pd+2. The van der Waals surface area contributed by atoms with E-state index in [9.17, 15) is 20.8 Å².